The summed E-state index contributed by atoms with van der Waals surface area (Å²) in [5, 5.41) is 3.85. The van der Waals surface area contributed by atoms with Crippen LogP contribution in [0.15, 0.2) is 85.6 Å². The number of hydrogen-bond donors (Lipinski definition) is 1. The highest BCUT2D eigenvalue weighted by molar-refractivity contribution is 6.33. The summed E-state index contributed by atoms with van der Waals surface area (Å²) in [7, 11) is 0. The number of likely N-dealkylation sites (tertiary alicyclic amines) is 1. The van der Waals surface area contributed by atoms with Crippen molar-refractivity contribution in [1.82, 2.24) is 19.4 Å². The smallest absolute Gasteiger partial charge is 0.247 e. The Balaban J connectivity index is 1.14. The van der Waals surface area contributed by atoms with Gasteiger partial charge in [-0.25, -0.2) is 14.4 Å². The van der Waals surface area contributed by atoms with Crippen molar-refractivity contribution < 1.29 is 18.8 Å². The number of fused-ring (bicyclic) bond motifs is 2. The number of halogens is 2. The third kappa shape index (κ3) is 4.93. The fraction of sp³-hybridized carbons (Fsp3) is 0.206. The minimum Gasteiger partial charge on any atom is -0.337 e. The van der Waals surface area contributed by atoms with Gasteiger partial charge in [0.25, 0.3) is 0 Å². The quantitative estimate of drug-likeness (QED) is 0.216. The molecule has 3 aromatic carbocycles. The number of nitrogens with zero attached hydrogens (tertiary/aromatic N) is 4. The molecule has 44 heavy (non-hydrogen) atoms. The van der Waals surface area contributed by atoms with Gasteiger partial charge in [0.2, 0.25) is 11.8 Å². The number of hydrogen-bond acceptors (Lipinski definition) is 5. The van der Waals surface area contributed by atoms with E-state index in [2.05, 4.69) is 15.3 Å². The number of nitrogens with one attached hydrogen (secondary N) is 1. The average Bonchev–Trinajstić information content (AvgIpc) is 3.53. The number of rotatable bonds is 7. The van der Waals surface area contributed by atoms with Crippen LogP contribution in [0.2, 0.25) is 5.02 Å². The van der Waals surface area contributed by atoms with Gasteiger partial charge in [-0.05, 0) is 55.5 Å². The van der Waals surface area contributed by atoms with E-state index in [0.717, 1.165) is 28.5 Å². The monoisotopic (exact) mass is 607 g/mol. The molecule has 8 nitrogen and oxygen atoms in total. The number of piperidine rings is 1. The van der Waals surface area contributed by atoms with E-state index >= 15 is 4.39 Å². The number of carbonyl (C=O) groups is 3. The highest BCUT2D eigenvalue weighted by Gasteiger charge is 2.56. The molecule has 0 spiro atoms. The molecule has 2 fully saturated rings. The molecule has 1 aliphatic heterocycles. The van der Waals surface area contributed by atoms with E-state index < -0.39 is 17.8 Å². The number of anilines is 1. The maximum absolute atomic E-state index is 15.6. The number of Topliss-reactive ketones (excluding diaryl/α,β-unsaturated/α-hetero) is 1. The third-order valence-corrected chi connectivity index (χ3v) is 8.91. The average molecular weight is 608 g/mol. The Morgan fingerprint density at radius 3 is 2.52 bits per heavy atom. The number of carbonyl (C=O) groups excluding carboxylic acids is 3. The Morgan fingerprint density at radius 2 is 1.75 bits per heavy atom. The second kappa shape index (κ2) is 11.0. The molecule has 7 rings (SSSR count). The van der Waals surface area contributed by atoms with Gasteiger partial charge >= 0.3 is 0 Å². The first-order valence-corrected chi connectivity index (χ1v) is 14.7. The summed E-state index contributed by atoms with van der Waals surface area (Å²) in [5.74, 6) is -1.14. The van der Waals surface area contributed by atoms with E-state index in [-0.39, 0.29) is 41.4 Å². The van der Waals surface area contributed by atoms with Gasteiger partial charge in [-0.2, -0.15) is 0 Å². The first-order valence-electron chi connectivity index (χ1n) is 14.3. The Hall–Kier alpha value is -4.89. The topological polar surface area (TPSA) is 97.2 Å². The van der Waals surface area contributed by atoms with Gasteiger partial charge in [-0.1, -0.05) is 48.0 Å². The molecule has 3 atom stereocenters. The van der Waals surface area contributed by atoms with Crippen molar-refractivity contribution >= 4 is 45.8 Å². The zero-order valence-corrected chi connectivity index (χ0v) is 24.5. The predicted octanol–water partition coefficient (Wildman–Crippen LogP) is 6.39. The van der Waals surface area contributed by atoms with Crippen molar-refractivity contribution in [2.75, 3.05) is 5.32 Å². The Labute approximate surface area is 257 Å². The van der Waals surface area contributed by atoms with Crippen LogP contribution in [0.4, 0.5) is 10.1 Å². The van der Waals surface area contributed by atoms with Crippen LogP contribution >= 0.6 is 11.6 Å². The van der Waals surface area contributed by atoms with Crippen molar-refractivity contribution in [3.05, 3.63) is 102 Å². The lowest BCUT2D eigenvalue weighted by Gasteiger charge is -2.27. The van der Waals surface area contributed by atoms with Crippen LogP contribution in [-0.2, 0) is 16.1 Å². The molecule has 2 aromatic heterocycles. The SMILES string of the molecule is CC(=O)c1cn(CC(=O)N2[C@@H]3C[C@@H]3C[C@H]2C(=O)Nc2cccc(-c3ccccc3Cl)c2F)c2ccc(-c3cncnc3)cc12. The normalized spacial score (nSPS) is 18.7. The van der Waals surface area contributed by atoms with Crippen molar-refractivity contribution in [3.63, 3.8) is 0 Å². The molecule has 5 aromatic rings. The molecule has 1 aliphatic carbocycles. The fourth-order valence-electron chi connectivity index (χ4n) is 6.35. The Morgan fingerprint density at radius 1 is 0.977 bits per heavy atom. The molecular formula is C34H27ClFN5O3. The second-order valence-corrected chi connectivity index (χ2v) is 11.7. The number of aromatic nitrogens is 3. The summed E-state index contributed by atoms with van der Waals surface area (Å²) in [6, 6.07) is 16.6. The molecule has 1 saturated heterocycles. The molecule has 3 heterocycles. The van der Waals surface area contributed by atoms with Gasteiger partial charge in [0.05, 0.1) is 5.69 Å². The van der Waals surface area contributed by atoms with E-state index in [4.69, 9.17) is 11.6 Å². The summed E-state index contributed by atoms with van der Waals surface area (Å²) in [6.45, 7) is 1.45. The summed E-state index contributed by atoms with van der Waals surface area (Å²) in [6.07, 6.45) is 7.90. The van der Waals surface area contributed by atoms with Crippen LogP contribution in [0, 0.1) is 11.7 Å². The number of ketones is 1. The Bertz CT molecular complexity index is 1960. The molecule has 10 heteroatoms. The van der Waals surface area contributed by atoms with Crippen LogP contribution < -0.4 is 5.32 Å². The lowest BCUT2D eigenvalue weighted by Crippen LogP contribution is -2.46. The van der Waals surface area contributed by atoms with E-state index in [1.54, 1.807) is 64.5 Å². The van der Waals surface area contributed by atoms with Gasteiger partial charge in [0.1, 0.15) is 18.9 Å². The molecule has 0 bridgehead atoms. The minimum atomic E-state index is -0.728. The zero-order chi connectivity index (χ0) is 30.5. The van der Waals surface area contributed by atoms with Crippen molar-refractivity contribution in [3.8, 4) is 22.3 Å². The van der Waals surface area contributed by atoms with Gasteiger partial charge in [-0.3, -0.25) is 14.4 Å². The zero-order valence-electron chi connectivity index (χ0n) is 23.7. The van der Waals surface area contributed by atoms with Crippen LogP contribution in [0.1, 0.15) is 30.1 Å². The van der Waals surface area contributed by atoms with Crippen molar-refractivity contribution in [1.29, 1.82) is 0 Å². The van der Waals surface area contributed by atoms with Gasteiger partial charge in [-0.15, -0.1) is 0 Å². The fourth-order valence-corrected chi connectivity index (χ4v) is 6.58. The van der Waals surface area contributed by atoms with Crippen LogP contribution in [0.25, 0.3) is 33.2 Å². The first kappa shape index (κ1) is 27.9. The lowest BCUT2D eigenvalue weighted by atomic mass is 10.0. The second-order valence-electron chi connectivity index (χ2n) is 11.3. The molecule has 2 aliphatic rings. The predicted molar refractivity (Wildman–Crippen MR) is 166 cm³/mol. The van der Waals surface area contributed by atoms with Crippen LogP contribution in [0.5, 0.6) is 0 Å². The highest BCUT2D eigenvalue weighted by Crippen LogP contribution is 2.48. The standard InChI is InChI=1S/C34H27ClFN5O3/c1-19(42)26-16-40(29-10-9-20(11-25(26)29)22-14-37-18-38-15-22)17-32(43)41-30-12-21(30)13-31(41)34(44)39-28-8-4-6-24(33(28)36)23-5-2-3-7-27(23)35/h2-11,14-16,18,21,30-31H,12-13,17H2,1H3,(H,39,44)/t21-,30-,31+/m1/s1. The summed E-state index contributed by atoms with van der Waals surface area (Å²) in [5.41, 5.74) is 3.73. The Kier molecular flexibility index (Phi) is 6.97. The van der Waals surface area contributed by atoms with E-state index in [1.807, 2.05) is 18.2 Å². The molecule has 0 unspecified atom stereocenters. The van der Waals surface area contributed by atoms with Gasteiger partial charge in [0, 0.05) is 62.8 Å². The summed E-state index contributed by atoms with van der Waals surface area (Å²) in [4.78, 5) is 49.7. The maximum atomic E-state index is 15.6. The van der Waals surface area contributed by atoms with E-state index in [0.29, 0.717) is 22.6 Å². The van der Waals surface area contributed by atoms with Gasteiger partial charge < -0.3 is 14.8 Å². The van der Waals surface area contributed by atoms with Crippen LogP contribution in [0.3, 0.4) is 0 Å². The number of amides is 2. The van der Waals surface area contributed by atoms with Crippen LogP contribution in [-0.4, -0.2) is 49.1 Å². The van der Waals surface area contributed by atoms with Gasteiger partial charge in [0.15, 0.2) is 11.6 Å². The summed E-state index contributed by atoms with van der Waals surface area (Å²) < 4.78 is 17.3. The molecular weight excluding hydrogens is 581 g/mol. The molecule has 0 radical (unpaired) electrons. The first-order chi connectivity index (χ1) is 21.3. The van der Waals surface area contributed by atoms with E-state index in [1.165, 1.54) is 19.3 Å². The van der Waals surface area contributed by atoms with Crippen molar-refractivity contribution in [2.45, 2.75) is 38.4 Å². The lowest BCUT2D eigenvalue weighted by molar-refractivity contribution is -0.138. The molecule has 1 N–H and O–H groups in total. The minimum absolute atomic E-state index is 0.0301. The number of benzene rings is 3. The molecule has 220 valence electrons. The third-order valence-electron chi connectivity index (χ3n) is 8.58. The largest absolute Gasteiger partial charge is 0.337 e. The summed E-state index contributed by atoms with van der Waals surface area (Å²) >= 11 is 6.30. The molecule has 1 saturated carbocycles. The van der Waals surface area contributed by atoms with Crippen molar-refractivity contribution in [2.24, 2.45) is 5.92 Å². The van der Waals surface area contributed by atoms with E-state index in [9.17, 15) is 14.4 Å². The highest BCUT2D eigenvalue weighted by atomic mass is 35.5. The maximum Gasteiger partial charge on any atom is 0.247 e. The molecule has 2 amide bonds.